The number of amides is 1. The molecule has 1 amide bonds. The Labute approximate surface area is 189 Å². The maximum atomic E-state index is 11.6. The minimum Gasteiger partial charge on any atom is -0.490 e. The van der Waals surface area contributed by atoms with E-state index in [-0.39, 0.29) is 25.8 Å². The molecule has 0 unspecified atom stereocenters. The molecule has 0 saturated carbocycles. The Morgan fingerprint density at radius 3 is 2.03 bits per heavy atom. The van der Waals surface area contributed by atoms with Crippen LogP contribution in [0.15, 0.2) is 48.6 Å². The molecule has 0 atom stereocenters. The molecule has 8 heteroatoms. The molecule has 8 nitrogen and oxygen atoms in total. The molecule has 0 fully saturated rings. The van der Waals surface area contributed by atoms with Crippen LogP contribution in [-0.2, 0) is 30.2 Å². The lowest BCUT2D eigenvalue weighted by Crippen LogP contribution is -2.27. The molecule has 176 valence electrons. The van der Waals surface area contributed by atoms with E-state index in [9.17, 15) is 14.4 Å². The number of hydrogen-bond acceptors (Lipinski definition) is 7. The number of benzene rings is 1. The van der Waals surface area contributed by atoms with Crippen molar-refractivity contribution in [1.82, 2.24) is 5.32 Å². The fourth-order valence-corrected chi connectivity index (χ4v) is 2.36. The number of ether oxygens (including phenoxy) is 4. The van der Waals surface area contributed by atoms with E-state index in [1.807, 2.05) is 24.3 Å². The molecule has 1 N–H and O–H groups in total. The van der Waals surface area contributed by atoms with Gasteiger partial charge in [0.05, 0.1) is 13.2 Å². The monoisotopic (exact) mass is 447 g/mol. The highest BCUT2D eigenvalue weighted by molar-refractivity contribution is 5.87. The lowest BCUT2D eigenvalue weighted by atomic mass is 10.1. The third kappa shape index (κ3) is 12.4. The van der Waals surface area contributed by atoms with Gasteiger partial charge in [-0.3, -0.25) is 0 Å². The molecule has 0 radical (unpaired) electrons. The molecule has 1 rings (SSSR count). The highest BCUT2D eigenvalue weighted by Gasteiger charge is 2.05. The largest absolute Gasteiger partial charge is 0.490 e. The lowest BCUT2D eigenvalue weighted by molar-refractivity contribution is -0.139. The van der Waals surface area contributed by atoms with Gasteiger partial charge in [0.2, 0.25) is 0 Å². The second-order valence-electron chi connectivity index (χ2n) is 7.20. The SMILES string of the molecule is C=C(C)C(=O)OCCCCCNC(=O)OCCOc1ccc(CCOC(=O)C(=C)C)cc1. The zero-order valence-electron chi connectivity index (χ0n) is 18.9. The lowest BCUT2D eigenvalue weighted by Gasteiger charge is -2.09. The fourth-order valence-electron chi connectivity index (χ4n) is 2.36. The maximum Gasteiger partial charge on any atom is 0.407 e. The van der Waals surface area contributed by atoms with Crippen LogP contribution in [0.1, 0.15) is 38.7 Å². The van der Waals surface area contributed by atoms with Crippen LogP contribution in [-0.4, -0.2) is 51.0 Å². The first-order valence-electron chi connectivity index (χ1n) is 10.6. The Kier molecular flexibility index (Phi) is 13.0. The summed E-state index contributed by atoms with van der Waals surface area (Å²) in [4.78, 5) is 34.2. The number of carbonyl (C=O) groups excluding carboxylic acids is 3. The van der Waals surface area contributed by atoms with Gasteiger partial charge in [0.25, 0.3) is 0 Å². The molecule has 1 aromatic rings. The summed E-state index contributed by atoms with van der Waals surface area (Å²) in [5.41, 5.74) is 1.77. The van der Waals surface area contributed by atoms with Crippen LogP contribution in [0.3, 0.4) is 0 Å². The summed E-state index contributed by atoms with van der Waals surface area (Å²) in [6.45, 7) is 11.7. The first kappa shape index (κ1) is 26.7. The zero-order valence-corrected chi connectivity index (χ0v) is 18.9. The number of esters is 2. The van der Waals surface area contributed by atoms with Crippen molar-refractivity contribution in [2.75, 3.05) is 33.0 Å². The summed E-state index contributed by atoms with van der Waals surface area (Å²) < 4.78 is 20.7. The van der Waals surface area contributed by atoms with Gasteiger partial charge in [0.1, 0.15) is 19.0 Å². The quantitative estimate of drug-likeness (QED) is 0.189. The van der Waals surface area contributed by atoms with Crippen LogP contribution in [0.25, 0.3) is 0 Å². The first-order chi connectivity index (χ1) is 15.3. The van der Waals surface area contributed by atoms with Crippen LogP contribution in [0.5, 0.6) is 5.75 Å². The van der Waals surface area contributed by atoms with Gasteiger partial charge >= 0.3 is 18.0 Å². The highest BCUT2D eigenvalue weighted by Crippen LogP contribution is 2.12. The van der Waals surface area contributed by atoms with E-state index in [2.05, 4.69) is 18.5 Å². The van der Waals surface area contributed by atoms with Gasteiger partial charge < -0.3 is 24.3 Å². The van der Waals surface area contributed by atoms with E-state index in [4.69, 9.17) is 18.9 Å². The minimum atomic E-state index is -0.498. The van der Waals surface area contributed by atoms with Gasteiger partial charge in [-0.1, -0.05) is 25.3 Å². The molecule has 0 aromatic heterocycles. The molecular weight excluding hydrogens is 414 g/mol. The Balaban J connectivity index is 2.05. The van der Waals surface area contributed by atoms with E-state index in [0.717, 1.165) is 24.8 Å². The average molecular weight is 448 g/mol. The predicted octanol–water partition coefficient (Wildman–Crippen LogP) is 3.74. The number of hydrogen-bond donors (Lipinski definition) is 1. The molecule has 0 aliphatic rings. The summed E-state index contributed by atoms with van der Waals surface area (Å²) in [6.07, 6.45) is 2.40. The van der Waals surface area contributed by atoms with Gasteiger partial charge in [0, 0.05) is 24.1 Å². The molecule has 0 aliphatic carbocycles. The number of rotatable bonds is 15. The van der Waals surface area contributed by atoms with Crippen molar-refractivity contribution in [3.8, 4) is 5.75 Å². The van der Waals surface area contributed by atoms with Gasteiger partial charge in [-0.2, -0.15) is 0 Å². The van der Waals surface area contributed by atoms with Crippen molar-refractivity contribution in [2.45, 2.75) is 39.5 Å². The second-order valence-corrected chi connectivity index (χ2v) is 7.20. The Morgan fingerprint density at radius 1 is 0.781 bits per heavy atom. The molecule has 1 aromatic carbocycles. The van der Waals surface area contributed by atoms with Gasteiger partial charge in [-0.25, -0.2) is 14.4 Å². The zero-order chi connectivity index (χ0) is 23.8. The number of carbonyl (C=O) groups is 3. The van der Waals surface area contributed by atoms with E-state index >= 15 is 0 Å². The Morgan fingerprint density at radius 2 is 1.41 bits per heavy atom. The van der Waals surface area contributed by atoms with Crippen molar-refractivity contribution in [1.29, 1.82) is 0 Å². The smallest absolute Gasteiger partial charge is 0.407 e. The van der Waals surface area contributed by atoms with Crippen molar-refractivity contribution in [3.63, 3.8) is 0 Å². The fraction of sp³-hybridized carbons (Fsp3) is 0.458. The first-order valence-corrected chi connectivity index (χ1v) is 10.6. The van der Waals surface area contributed by atoms with Crippen molar-refractivity contribution in [3.05, 3.63) is 54.1 Å². The van der Waals surface area contributed by atoms with Crippen molar-refractivity contribution < 1.29 is 33.3 Å². The van der Waals surface area contributed by atoms with Crippen LogP contribution >= 0.6 is 0 Å². The molecule has 32 heavy (non-hydrogen) atoms. The maximum absolute atomic E-state index is 11.6. The van der Waals surface area contributed by atoms with E-state index in [1.165, 1.54) is 0 Å². The summed E-state index contributed by atoms with van der Waals surface area (Å²) in [7, 11) is 0. The van der Waals surface area contributed by atoms with Crippen molar-refractivity contribution >= 4 is 18.0 Å². The standard InChI is InChI=1S/C24H33NO7/c1-18(2)22(26)30-14-7-5-6-13-25-24(28)32-17-16-29-21-10-8-20(9-11-21)12-15-31-23(27)19(3)4/h8-11H,1,3,5-7,12-17H2,2,4H3,(H,25,28). The molecule has 0 saturated heterocycles. The van der Waals surface area contributed by atoms with E-state index in [1.54, 1.807) is 13.8 Å². The number of alkyl carbamates (subject to hydrolysis) is 1. The van der Waals surface area contributed by atoms with Crippen LogP contribution in [0.2, 0.25) is 0 Å². The Hall–Kier alpha value is -3.29. The number of unbranched alkanes of at least 4 members (excludes halogenated alkanes) is 2. The molecule has 0 aliphatic heterocycles. The topological polar surface area (TPSA) is 100 Å². The summed E-state index contributed by atoms with van der Waals surface area (Å²) in [5, 5.41) is 2.66. The van der Waals surface area contributed by atoms with Crippen LogP contribution in [0, 0.1) is 0 Å². The predicted molar refractivity (Wildman–Crippen MR) is 120 cm³/mol. The normalized spacial score (nSPS) is 10.1. The van der Waals surface area contributed by atoms with E-state index in [0.29, 0.717) is 36.5 Å². The minimum absolute atomic E-state index is 0.126. The summed E-state index contributed by atoms with van der Waals surface area (Å²) in [5.74, 6) is -0.119. The second kappa shape index (κ2) is 15.5. The van der Waals surface area contributed by atoms with Crippen LogP contribution < -0.4 is 10.1 Å². The molecular formula is C24H33NO7. The molecule has 0 spiro atoms. The third-order valence-corrected chi connectivity index (χ3v) is 4.15. The van der Waals surface area contributed by atoms with Crippen LogP contribution in [0.4, 0.5) is 4.79 Å². The summed E-state index contributed by atoms with van der Waals surface area (Å²) >= 11 is 0. The molecule has 0 bridgehead atoms. The summed E-state index contributed by atoms with van der Waals surface area (Å²) in [6, 6.07) is 7.39. The third-order valence-electron chi connectivity index (χ3n) is 4.15. The number of nitrogens with one attached hydrogen (secondary N) is 1. The molecule has 0 heterocycles. The van der Waals surface area contributed by atoms with Crippen molar-refractivity contribution in [2.24, 2.45) is 0 Å². The highest BCUT2D eigenvalue weighted by atomic mass is 16.6. The van der Waals surface area contributed by atoms with Gasteiger partial charge in [-0.05, 0) is 50.8 Å². The average Bonchev–Trinajstić information content (AvgIpc) is 2.76. The van der Waals surface area contributed by atoms with Gasteiger partial charge in [0.15, 0.2) is 0 Å². The van der Waals surface area contributed by atoms with E-state index < -0.39 is 12.1 Å². The Bertz CT molecular complexity index is 771. The van der Waals surface area contributed by atoms with Gasteiger partial charge in [-0.15, -0.1) is 0 Å².